The predicted molar refractivity (Wildman–Crippen MR) is 122 cm³/mol. The van der Waals surface area contributed by atoms with Crippen molar-refractivity contribution < 1.29 is 18.7 Å². The molecule has 31 heavy (non-hydrogen) atoms. The molecule has 2 aromatic carbocycles. The number of benzene rings is 2. The lowest BCUT2D eigenvalue weighted by Crippen LogP contribution is -2.36. The monoisotopic (exact) mass is 417 g/mol. The number of rotatable bonds is 8. The number of hydrogen-bond donors (Lipinski definition) is 0. The minimum absolute atomic E-state index is 0.0567. The maximum atomic E-state index is 12.5. The van der Waals surface area contributed by atoms with Crippen LogP contribution in [0.5, 0.6) is 5.75 Å². The summed E-state index contributed by atoms with van der Waals surface area (Å²) < 4.78 is 16.9. The van der Waals surface area contributed by atoms with Crippen molar-refractivity contribution in [2.45, 2.75) is 20.0 Å². The summed E-state index contributed by atoms with van der Waals surface area (Å²) in [6.07, 6.45) is 4.24. The predicted octanol–water partition coefficient (Wildman–Crippen LogP) is 5.15. The van der Waals surface area contributed by atoms with Gasteiger partial charge in [-0.15, -0.1) is 0 Å². The number of allylic oxidation sites excluding steroid dienone is 1. The summed E-state index contributed by atoms with van der Waals surface area (Å²) in [5.41, 5.74) is 3.04. The highest BCUT2D eigenvalue weighted by Crippen LogP contribution is 2.19. The number of carbonyl (C=O) groups excluding carboxylic acids is 1. The van der Waals surface area contributed by atoms with Crippen molar-refractivity contribution in [2.24, 2.45) is 0 Å². The minimum atomic E-state index is -0.0567. The molecular weight excluding hydrogens is 390 g/mol. The molecule has 5 heteroatoms. The Labute approximate surface area is 182 Å². The smallest absolute Gasteiger partial charge is 0.185 e. The van der Waals surface area contributed by atoms with E-state index >= 15 is 0 Å². The summed E-state index contributed by atoms with van der Waals surface area (Å²) in [6, 6.07) is 19.5. The molecular formula is C26H27NO4. The van der Waals surface area contributed by atoms with E-state index in [2.05, 4.69) is 24.0 Å². The number of ether oxygens (including phenoxy) is 2. The first-order valence-electron chi connectivity index (χ1n) is 10.7. The fourth-order valence-electron chi connectivity index (χ4n) is 3.45. The molecule has 0 radical (unpaired) electrons. The van der Waals surface area contributed by atoms with Gasteiger partial charge in [-0.2, -0.15) is 0 Å². The Kier molecular flexibility index (Phi) is 6.85. The van der Waals surface area contributed by atoms with Crippen molar-refractivity contribution in [3.05, 3.63) is 89.4 Å². The largest absolute Gasteiger partial charge is 0.486 e. The van der Waals surface area contributed by atoms with Crippen molar-refractivity contribution in [1.82, 2.24) is 0 Å². The Morgan fingerprint density at radius 1 is 1.00 bits per heavy atom. The summed E-state index contributed by atoms with van der Waals surface area (Å²) in [5.74, 6) is 2.08. The van der Waals surface area contributed by atoms with Crippen LogP contribution in [0.25, 0.3) is 6.08 Å². The summed E-state index contributed by atoms with van der Waals surface area (Å²) in [4.78, 5) is 14.8. The highest BCUT2D eigenvalue weighted by atomic mass is 16.5. The Balaban J connectivity index is 1.31. The number of nitrogens with zero attached hydrogens (tertiary/aromatic N) is 1. The van der Waals surface area contributed by atoms with Crippen LogP contribution in [-0.4, -0.2) is 32.1 Å². The average molecular weight is 418 g/mol. The van der Waals surface area contributed by atoms with E-state index in [9.17, 15) is 4.79 Å². The fraction of sp³-hybridized carbons (Fsp3) is 0.269. The van der Waals surface area contributed by atoms with Crippen LogP contribution < -0.4 is 9.64 Å². The highest BCUT2D eigenvalue weighted by Gasteiger charge is 2.11. The van der Waals surface area contributed by atoms with E-state index in [1.165, 1.54) is 11.6 Å². The van der Waals surface area contributed by atoms with E-state index in [4.69, 9.17) is 13.9 Å². The molecule has 3 aromatic rings. The minimum Gasteiger partial charge on any atom is -0.486 e. The van der Waals surface area contributed by atoms with Crippen LogP contribution in [-0.2, 0) is 17.8 Å². The molecule has 0 unspecified atom stereocenters. The Hall–Kier alpha value is -3.31. The van der Waals surface area contributed by atoms with Gasteiger partial charge in [-0.05, 0) is 72.7 Å². The maximum absolute atomic E-state index is 12.5. The zero-order valence-electron chi connectivity index (χ0n) is 17.8. The first-order chi connectivity index (χ1) is 15.2. The Bertz CT molecular complexity index is 1010. The van der Waals surface area contributed by atoms with Gasteiger partial charge < -0.3 is 18.8 Å². The summed E-state index contributed by atoms with van der Waals surface area (Å²) in [7, 11) is 0. The number of aryl methyl sites for hydroxylation is 1. The number of ketones is 1. The fourth-order valence-corrected chi connectivity index (χ4v) is 3.45. The zero-order chi connectivity index (χ0) is 21.5. The Morgan fingerprint density at radius 3 is 2.45 bits per heavy atom. The van der Waals surface area contributed by atoms with Crippen LogP contribution in [0, 0.1) is 0 Å². The quantitative estimate of drug-likeness (QED) is 0.375. The first kappa shape index (κ1) is 20.9. The second kappa shape index (κ2) is 10.1. The van der Waals surface area contributed by atoms with Crippen LogP contribution >= 0.6 is 0 Å². The molecule has 0 bridgehead atoms. The molecule has 1 fully saturated rings. The van der Waals surface area contributed by atoms with E-state index in [0.717, 1.165) is 44.2 Å². The molecule has 2 heterocycles. The topological polar surface area (TPSA) is 51.9 Å². The molecule has 0 spiro atoms. The third kappa shape index (κ3) is 5.64. The van der Waals surface area contributed by atoms with Gasteiger partial charge in [-0.1, -0.05) is 19.1 Å². The standard InChI is InChI=1S/C26H27NO4/c1-2-20-3-9-23(10-4-20)30-19-25-12-11-24(31-25)13-14-26(28)21-5-7-22(8-6-21)27-15-17-29-18-16-27/h3-14H,2,15-19H2,1H3/b14-13+. The van der Waals surface area contributed by atoms with Crippen LogP contribution in [0.3, 0.4) is 0 Å². The lowest BCUT2D eigenvalue weighted by Gasteiger charge is -2.28. The van der Waals surface area contributed by atoms with Gasteiger partial charge in [-0.3, -0.25) is 4.79 Å². The lowest BCUT2D eigenvalue weighted by atomic mass is 10.1. The molecule has 0 saturated carbocycles. The van der Waals surface area contributed by atoms with Crippen molar-refractivity contribution in [2.75, 3.05) is 31.2 Å². The molecule has 1 saturated heterocycles. The molecule has 4 rings (SSSR count). The number of furan rings is 1. The number of morpholine rings is 1. The summed E-state index contributed by atoms with van der Waals surface area (Å²) in [6.45, 7) is 5.70. The van der Waals surface area contributed by atoms with Gasteiger partial charge in [0.2, 0.25) is 0 Å². The first-order valence-corrected chi connectivity index (χ1v) is 10.7. The van der Waals surface area contributed by atoms with Crippen molar-refractivity contribution in [1.29, 1.82) is 0 Å². The van der Waals surface area contributed by atoms with Gasteiger partial charge in [0, 0.05) is 24.3 Å². The lowest BCUT2D eigenvalue weighted by molar-refractivity contribution is 0.104. The third-order valence-corrected chi connectivity index (χ3v) is 5.32. The molecule has 5 nitrogen and oxygen atoms in total. The van der Waals surface area contributed by atoms with E-state index in [1.54, 1.807) is 6.08 Å². The Morgan fingerprint density at radius 2 is 1.74 bits per heavy atom. The normalized spacial score (nSPS) is 14.2. The SMILES string of the molecule is CCc1ccc(OCc2ccc(/C=C/C(=O)c3ccc(N4CCOCC4)cc3)o2)cc1. The van der Waals surface area contributed by atoms with Crippen molar-refractivity contribution in [3.63, 3.8) is 0 Å². The van der Waals surface area contributed by atoms with Gasteiger partial charge >= 0.3 is 0 Å². The second-order valence-corrected chi connectivity index (χ2v) is 7.43. The molecule has 0 atom stereocenters. The highest BCUT2D eigenvalue weighted by molar-refractivity contribution is 6.06. The number of anilines is 1. The molecule has 0 amide bonds. The van der Waals surface area contributed by atoms with Crippen molar-refractivity contribution in [3.8, 4) is 5.75 Å². The van der Waals surface area contributed by atoms with Crippen molar-refractivity contribution >= 4 is 17.5 Å². The molecule has 160 valence electrons. The van der Waals surface area contributed by atoms with Gasteiger partial charge in [0.1, 0.15) is 23.9 Å². The summed E-state index contributed by atoms with van der Waals surface area (Å²) in [5, 5.41) is 0. The van der Waals surface area contributed by atoms with Gasteiger partial charge in [0.25, 0.3) is 0 Å². The van der Waals surface area contributed by atoms with Gasteiger partial charge in [0.15, 0.2) is 5.78 Å². The number of hydrogen-bond acceptors (Lipinski definition) is 5. The third-order valence-electron chi connectivity index (χ3n) is 5.32. The molecule has 1 aliphatic heterocycles. The second-order valence-electron chi connectivity index (χ2n) is 7.43. The zero-order valence-corrected chi connectivity index (χ0v) is 17.8. The van der Waals surface area contributed by atoms with Crippen LogP contribution in [0.2, 0.25) is 0 Å². The van der Waals surface area contributed by atoms with Gasteiger partial charge in [-0.25, -0.2) is 0 Å². The maximum Gasteiger partial charge on any atom is 0.185 e. The van der Waals surface area contributed by atoms with Crippen LogP contribution in [0.15, 0.2) is 71.2 Å². The van der Waals surface area contributed by atoms with E-state index in [-0.39, 0.29) is 5.78 Å². The summed E-state index contributed by atoms with van der Waals surface area (Å²) >= 11 is 0. The molecule has 1 aliphatic rings. The van der Waals surface area contributed by atoms with Crippen LogP contribution in [0.1, 0.15) is 34.4 Å². The van der Waals surface area contributed by atoms with Gasteiger partial charge in [0.05, 0.1) is 13.2 Å². The van der Waals surface area contributed by atoms with E-state index in [1.807, 2.05) is 48.5 Å². The average Bonchev–Trinajstić information content (AvgIpc) is 3.30. The molecule has 1 aromatic heterocycles. The number of carbonyl (C=O) groups is 1. The van der Waals surface area contributed by atoms with Crippen LogP contribution in [0.4, 0.5) is 5.69 Å². The van der Waals surface area contributed by atoms with E-state index < -0.39 is 0 Å². The molecule has 0 N–H and O–H groups in total. The van der Waals surface area contributed by atoms with E-state index in [0.29, 0.717) is 23.7 Å². The molecule has 0 aliphatic carbocycles.